The molecule has 0 saturated carbocycles. The summed E-state index contributed by atoms with van der Waals surface area (Å²) < 4.78 is 5.14. The number of nitrogens with zero attached hydrogens (tertiary/aromatic N) is 2. The van der Waals surface area contributed by atoms with Gasteiger partial charge in [-0.05, 0) is 12.5 Å². The van der Waals surface area contributed by atoms with Crippen LogP contribution in [0.25, 0.3) is 0 Å². The van der Waals surface area contributed by atoms with Crippen molar-refractivity contribution in [2.24, 2.45) is 0 Å². The van der Waals surface area contributed by atoms with Crippen LogP contribution in [0.3, 0.4) is 0 Å². The van der Waals surface area contributed by atoms with Gasteiger partial charge in [-0.25, -0.2) is 4.79 Å². The lowest BCUT2D eigenvalue weighted by molar-refractivity contribution is 0.0861. The second-order valence-electron chi connectivity index (χ2n) is 6.75. The average molecular weight is 343 g/mol. The molecule has 3 aliphatic rings. The summed E-state index contributed by atoms with van der Waals surface area (Å²) in [6.45, 7) is 2.55. The molecule has 3 saturated heterocycles. The first-order valence-electron chi connectivity index (χ1n) is 8.76. The van der Waals surface area contributed by atoms with Gasteiger partial charge in [0.2, 0.25) is 0 Å². The number of carbonyl (C=O) groups is 3. The highest BCUT2D eigenvalue weighted by molar-refractivity contribution is 6.01. The van der Waals surface area contributed by atoms with E-state index in [1.54, 1.807) is 29.2 Å². The van der Waals surface area contributed by atoms with Crippen LogP contribution in [0, 0.1) is 0 Å². The number of unbranched alkanes of at least 4 members (excludes halogenated alkanes) is 1. The highest BCUT2D eigenvalue weighted by Gasteiger charge is 2.86. The van der Waals surface area contributed by atoms with Crippen LogP contribution in [-0.4, -0.2) is 52.5 Å². The lowest BCUT2D eigenvalue weighted by Crippen LogP contribution is -2.33. The largest absolute Gasteiger partial charge is 0.449 e. The molecule has 0 bridgehead atoms. The minimum absolute atomic E-state index is 0.107. The number of hydrazine groups is 1. The molecule has 2 unspecified atom stereocenters. The third-order valence-electron chi connectivity index (χ3n) is 5.44. The molecule has 1 spiro atoms. The molecule has 132 valence electrons. The number of hydrogen-bond donors (Lipinski definition) is 1. The van der Waals surface area contributed by atoms with Crippen molar-refractivity contribution < 1.29 is 19.1 Å². The van der Waals surface area contributed by atoms with E-state index < -0.39 is 5.66 Å². The quantitative estimate of drug-likeness (QED) is 0.631. The van der Waals surface area contributed by atoms with Gasteiger partial charge >= 0.3 is 6.09 Å². The molecule has 7 heteroatoms. The van der Waals surface area contributed by atoms with Gasteiger partial charge in [0.1, 0.15) is 0 Å². The zero-order chi connectivity index (χ0) is 17.6. The van der Waals surface area contributed by atoms with Crippen LogP contribution in [-0.2, 0) is 4.74 Å². The van der Waals surface area contributed by atoms with Crippen molar-refractivity contribution >= 4 is 18.3 Å². The molecule has 7 nitrogen and oxygen atoms in total. The molecular weight excluding hydrogens is 322 g/mol. The fraction of sp³-hybridized carbons (Fsp3) is 0.500. The van der Waals surface area contributed by atoms with E-state index >= 15 is 0 Å². The Morgan fingerprint density at radius 3 is 2.96 bits per heavy atom. The van der Waals surface area contributed by atoms with Crippen LogP contribution in [0.15, 0.2) is 24.3 Å². The fourth-order valence-electron chi connectivity index (χ4n) is 4.19. The molecule has 4 atom stereocenters. The van der Waals surface area contributed by atoms with Gasteiger partial charge in [-0.15, -0.1) is 0 Å². The molecule has 0 aromatic heterocycles. The number of aldehydes is 1. The molecule has 4 rings (SSSR count). The van der Waals surface area contributed by atoms with E-state index in [-0.39, 0.29) is 24.1 Å². The van der Waals surface area contributed by atoms with Gasteiger partial charge in [-0.3, -0.25) is 19.9 Å². The van der Waals surface area contributed by atoms with E-state index in [1.807, 2.05) is 5.01 Å². The number of rotatable bonds is 6. The molecule has 3 heterocycles. The number of nitrogens with one attached hydrogen (secondary N) is 1. The lowest BCUT2D eigenvalue weighted by atomic mass is 10.1. The number of carbonyl (C=O) groups excluding carboxylic acids is 3. The maximum absolute atomic E-state index is 12.7. The highest BCUT2D eigenvalue weighted by Crippen LogP contribution is 2.63. The van der Waals surface area contributed by atoms with Crippen LogP contribution in [0.2, 0.25) is 0 Å². The monoisotopic (exact) mass is 343 g/mol. The van der Waals surface area contributed by atoms with Gasteiger partial charge < -0.3 is 4.74 Å². The zero-order valence-corrected chi connectivity index (χ0v) is 14.1. The molecule has 3 aliphatic heterocycles. The SMILES string of the molecule is CCCC[C@@H]1N(NC(=O)c2ccccc2C=O)[C@]12C1CCOC(=O)N12. The van der Waals surface area contributed by atoms with Crippen LogP contribution in [0.5, 0.6) is 0 Å². The first-order chi connectivity index (χ1) is 12.2. The van der Waals surface area contributed by atoms with E-state index in [9.17, 15) is 14.4 Å². The Morgan fingerprint density at radius 1 is 1.44 bits per heavy atom. The van der Waals surface area contributed by atoms with Crippen LogP contribution < -0.4 is 5.43 Å². The number of ether oxygens (including phenoxy) is 1. The lowest BCUT2D eigenvalue weighted by Gasteiger charge is -2.10. The Balaban J connectivity index is 1.54. The third kappa shape index (κ3) is 2.26. The summed E-state index contributed by atoms with van der Waals surface area (Å²) in [5, 5.41) is 1.88. The minimum atomic E-state index is -0.422. The number of hydrogen-bond acceptors (Lipinski definition) is 5. The van der Waals surface area contributed by atoms with E-state index in [0.717, 1.165) is 25.7 Å². The molecule has 3 fully saturated rings. The van der Waals surface area contributed by atoms with Crippen LogP contribution in [0.4, 0.5) is 4.79 Å². The molecule has 1 N–H and O–H groups in total. The summed E-state index contributed by atoms with van der Waals surface area (Å²) >= 11 is 0. The predicted octanol–water partition coefficient (Wildman–Crippen LogP) is 1.94. The average Bonchev–Trinajstić information content (AvgIpc) is 3.49. The summed E-state index contributed by atoms with van der Waals surface area (Å²) in [4.78, 5) is 37.6. The van der Waals surface area contributed by atoms with E-state index in [4.69, 9.17) is 4.74 Å². The summed E-state index contributed by atoms with van der Waals surface area (Å²) in [5.41, 5.74) is 3.20. The van der Waals surface area contributed by atoms with Crippen molar-refractivity contribution in [1.82, 2.24) is 15.3 Å². The van der Waals surface area contributed by atoms with Crippen LogP contribution in [0.1, 0.15) is 53.3 Å². The number of amides is 2. The topological polar surface area (TPSA) is 78.5 Å². The third-order valence-corrected chi connectivity index (χ3v) is 5.44. The van der Waals surface area contributed by atoms with Gasteiger partial charge in [0.15, 0.2) is 11.9 Å². The molecular formula is C18H21N3O4. The maximum Gasteiger partial charge on any atom is 0.411 e. The van der Waals surface area contributed by atoms with Crippen molar-refractivity contribution in [2.45, 2.75) is 50.4 Å². The number of benzene rings is 1. The first-order valence-corrected chi connectivity index (χ1v) is 8.76. The van der Waals surface area contributed by atoms with Crippen molar-refractivity contribution in [3.05, 3.63) is 35.4 Å². The van der Waals surface area contributed by atoms with Gasteiger partial charge in [0.05, 0.1) is 24.3 Å². The van der Waals surface area contributed by atoms with Crippen LogP contribution >= 0.6 is 0 Å². The number of fused-ring (bicyclic) bond motifs is 3. The van der Waals surface area contributed by atoms with Crippen molar-refractivity contribution in [3.8, 4) is 0 Å². The van der Waals surface area contributed by atoms with Gasteiger partial charge in [-0.1, -0.05) is 38.0 Å². The second kappa shape index (κ2) is 5.84. The van der Waals surface area contributed by atoms with E-state index in [0.29, 0.717) is 24.0 Å². The summed E-state index contributed by atoms with van der Waals surface area (Å²) in [6, 6.07) is 6.91. The molecule has 0 radical (unpaired) electrons. The normalized spacial score (nSPS) is 32.0. The number of cyclic esters (lactones) is 1. The zero-order valence-electron chi connectivity index (χ0n) is 14.1. The second-order valence-corrected chi connectivity index (χ2v) is 6.75. The van der Waals surface area contributed by atoms with Gasteiger partial charge in [0.25, 0.3) is 5.91 Å². The minimum Gasteiger partial charge on any atom is -0.449 e. The van der Waals surface area contributed by atoms with Gasteiger partial charge in [0, 0.05) is 12.0 Å². The summed E-state index contributed by atoms with van der Waals surface area (Å²) in [5.74, 6) is -0.320. The molecule has 2 amide bonds. The van der Waals surface area contributed by atoms with Crippen molar-refractivity contribution in [3.63, 3.8) is 0 Å². The predicted molar refractivity (Wildman–Crippen MR) is 88.8 cm³/mol. The van der Waals surface area contributed by atoms with Crippen molar-refractivity contribution in [1.29, 1.82) is 0 Å². The fourth-order valence-corrected chi connectivity index (χ4v) is 4.19. The summed E-state index contributed by atoms with van der Waals surface area (Å²) in [6.07, 6.45) is 4.15. The molecule has 1 aromatic rings. The smallest absolute Gasteiger partial charge is 0.411 e. The molecule has 1 aromatic carbocycles. The summed E-state index contributed by atoms with van der Waals surface area (Å²) in [7, 11) is 0. The Bertz CT molecular complexity index is 737. The Morgan fingerprint density at radius 2 is 2.24 bits per heavy atom. The molecule has 0 aliphatic carbocycles. The highest BCUT2D eigenvalue weighted by atomic mass is 16.6. The first kappa shape index (κ1) is 16.1. The molecule has 25 heavy (non-hydrogen) atoms. The van der Waals surface area contributed by atoms with E-state index in [2.05, 4.69) is 12.3 Å². The standard InChI is InChI=1S/C18H21N3O4/c1-2-3-8-15-18(14-9-10-25-17(24)20(14)18)21(15)19-16(23)13-7-5-4-6-12(13)11-22/h4-7,11,14-15H,2-3,8-10H2,1H3,(H,19,23)/t14?,15-,18+,20?,21?/m0/s1. The van der Waals surface area contributed by atoms with Crippen molar-refractivity contribution in [2.75, 3.05) is 6.61 Å². The Labute approximate surface area is 145 Å². The van der Waals surface area contributed by atoms with Gasteiger partial charge in [-0.2, -0.15) is 5.01 Å². The maximum atomic E-state index is 12.7. The Hall–Kier alpha value is -2.41. The van der Waals surface area contributed by atoms with E-state index in [1.165, 1.54) is 0 Å². The Kier molecular flexibility index (Phi) is 3.76.